The van der Waals surface area contributed by atoms with Gasteiger partial charge in [0, 0.05) is 11.5 Å². The predicted octanol–water partition coefficient (Wildman–Crippen LogP) is 1.69. The van der Waals surface area contributed by atoms with E-state index in [9.17, 15) is 9.59 Å². The fraction of sp³-hybridized carbons (Fsp3) is 0.692. The number of carbonyl (C=O) groups excluding carboxylic acids is 2. The van der Waals surface area contributed by atoms with Crippen molar-refractivity contribution in [1.29, 1.82) is 0 Å². The van der Waals surface area contributed by atoms with Gasteiger partial charge in [-0.2, -0.15) is 0 Å². The quantitative estimate of drug-likeness (QED) is 0.554. The summed E-state index contributed by atoms with van der Waals surface area (Å²) in [5.74, 6) is 0.00387. The van der Waals surface area contributed by atoms with E-state index in [0.29, 0.717) is 11.5 Å². The Morgan fingerprint density at radius 3 is 2.47 bits per heavy atom. The summed E-state index contributed by atoms with van der Waals surface area (Å²) in [6.07, 6.45) is 2.57. The molecule has 0 aromatic heterocycles. The molecule has 2 aliphatic carbocycles. The van der Waals surface area contributed by atoms with Crippen LogP contribution in [0, 0.1) is 17.8 Å². The largest absolute Gasteiger partial charge is 0.469 e. The lowest BCUT2D eigenvalue weighted by Gasteiger charge is -2.27. The van der Waals surface area contributed by atoms with E-state index >= 15 is 0 Å². The third-order valence-corrected chi connectivity index (χ3v) is 3.86. The van der Waals surface area contributed by atoms with Gasteiger partial charge in [0.25, 0.3) is 0 Å². The van der Waals surface area contributed by atoms with E-state index in [-0.39, 0.29) is 29.9 Å². The van der Waals surface area contributed by atoms with Crippen molar-refractivity contribution in [3.63, 3.8) is 0 Å². The Kier molecular flexibility index (Phi) is 3.22. The molecule has 0 aliphatic heterocycles. The SMILES string of the molecule is C=C(C)C(=O)OC1CC2CC(C(=O)OC)C1C2. The topological polar surface area (TPSA) is 52.6 Å². The highest BCUT2D eigenvalue weighted by molar-refractivity contribution is 5.87. The number of rotatable bonds is 3. The maximum Gasteiger partial charge on any atom is 0.333 e. The van der Waals surface area contributed by atoms with Gasteiger partial charge >= 0.3 is 11.9 Å². The molecule has 0 amide bonds. The summed E-state index contributed by atoms with van der Waals surface area (Å²) in [5.41, 5.74) is 0.405. The van der Waals surface area contributed by atoms with Gasteiger partial charge < -0.3 is 9.47 Å². The second-order valence-corrected chi connectivity index (χ2v) is 5.09. The highest BCUT2D eigenvalue weighted by Gasteiger charge is 2.51. The molecule has 0 spiro atoms. The molecule has 2 saturated carbocycles. The van der Waals surface area contributed by atoms with E-state index in [1.54, 1.807) is 6.92 Å². The van der Waals surface area contributed by atoms with E-state index < -0.39 is 0 Å². The minimum atomic E-state index is -0.355. The Hall–Kier alpha value is -1.32. The van der Waals surface area contributed by atoms with Crippen molar-refractivity contribution >= 4 is 11.9 Å². The zero-order valence-corrected chi connectivity index (χ0v) is 10.3. The average Bonchev–Trinajstić information content (AvgIpc) is 2.86. The molecule has 2 bridgehead atoms. The zero-order valence-electron chi connectivity index (χ0n) is 10.3. The van der Waals surface area contributed by atoms with Crippen LogP contribution in [0.4, 0.5) is 0 Å². The van der Waals surface area contributed by atoms with Gasteiger partial charge in [0.15, 0.2) is 0 Å². The molecule has 4 unspecified atom stereocenters. The number of fused-ring (bicyclic) bond motifs is 2. The van der Waals surface area contributed by atoms with Gasteiger partial charge in [-0.25, -0.2) is 4.79 Å². The Morgan fingerprint density at radius 1 is 1.24 bits per heavy atom. The Morgan fingerprint density at radius 2 is 1.94 bits per heavy atom. The third-order valence-electron chi connectivity index (χ3n) is 3.86. The Balaban J connectivity index is 2.00. The summed E-state index contributed by atoms with van der Waals surface area (Å²) < 4.78 is 10.2. The maximum atomic E-state index is 11.6. The number of ether oxygens (including phenoxy) is 2. The number of esters is 2. The molecule has 0 aromatic carbocycles. The molecule has 0 heterocycles. The van der Waals surface area contributed by atoms with Gasteiger partial charge in [0.1, 0.15) is 6.10 Å². The first-order chi connectivity index (χ1) is 8.02. The highest BCUT2D eigenvalue weighted by atomic mass is 16.5. The van der Waals surface area contributed by atoms with Crippen LogP contribution >= 0.6 is 0 Å². The van der Waals surface area contributed by atoms with Crippen LogP contribution in [0.1, 0.15) is 26.2 Å². The first-order valence-electron chi connectivity index (χ1n) is 5.97. The van der Waals surface area contributed by atoms with Gasteiger partial charge in [-0.05, 0) is 32.1 Å². The Labute approximate surface area is 101 Å². The smallest absolute Gasteiger partial charge is 0.333 e. The van der Waals surface area contributed by atoms with Crippen molar-refractivity contribution in [3.05, 3.63) is 12.2 Å². The standard InChI is InChI=1S/C13H18O4/c1-7(2)12(14)17-11-6-8-4-9(11)10(5-8)13(15)16-3/h8-11H,1,4-6H2,2-3H3. The summed E-state index contributed by atoms with van der Waals surface area (Å²) in [4.78, 5) is 23.1. The van der Waals surface area contributed by atoms with Crippen molar-refractivity contribution < 1.29 is 19.1 Å². The normalized spacial score (nSPS) is 34.5. The first-order valence-corrected chi connectivity index (χ1v) is 5.97. The summed E-state index contributed by atoms with van der Waals surface area (Å²) in [6.45, 7) is 5.20. The molecule has 4 atom stereocenters. The molecule has 4 heteroatoms. The minimum absolute atomic E-state index is 0.0957. The van der Waals surface area contributed by atoms with Crippen LogP contribution in [0.25, 0.3) is 0 Å². The molecule has 0 radical (unpaired) electrons. The molecule has 17 heavy (non-hydrogen) atoms. The van der Waals surface area contributed by atoms with Crippen molar-refractivity contribution in [2.45, 2.75) is 32.3 Å². The number of carbonyl (C=O) groups is 2. The fourth-order valence-electron chi connectivity index (χ4n) is 3.08. The van der Waals surface area contributed by atoms with Crippen LogP contribution in [-0.4, -0.2) is 25.2 Å². The van der Waals surface area contributed by atoms with Crippen molar-refractivity contribution in [3.8, 4) is 0 Å². The van der Waals surface area contributed by atoms with Crippen LogP contribution in [-0.2, 0) is 19.1 Å². The van der Waals surface area contributed by atoms with E-state index in [2.05, 4.69) is 6.58 Å². The molecule has 0 aromatic rings. The molecule has 2 rings (SSSR count). The number of hydrogen-bond acceptors (Lipinski definition) is 4. The lowest BCUT2D eigenvalue weighted by Crippen LogP contribution is -2.34. The maximum absolute atomic E-state index is 11.6. The summed E-state index contributed by atoms with van der Waals surface area (Å²) in [6, 6.07) is 0. The minimum Gasteiger partial charge on any atom is -0.469 e. The predicted molar refractivity (Wildman–Crippen MR) is 61.0 cm³/mol. The molecule has 0 saturated heterocycles. The summed E-state index contributed by atoms with van der Waals surface area (Å²) in [5, 5.41) is 0. The molecular formula is C13H18O4. The van der Waals surface area contributed by atoms with Crippen LogP contribution in [0.3, 0.4) is 0 Å². The molecule has 4 nitrogen and oxygen atoms in total. The molecular weight excluding hydrogens is 220 g/mol. The Bertz CT molecular complexity index is 360. The van der Waals surface area contributed by atoms with Gasteiger partial charge in [-0.3, -0.25) is 4.79 Å². The number of hydrogen-bond donors (Lipinski definition) is 0. The number of methoxy groups -OCH3 is 1. The van der Waals surface area contributed by atoms with E-state index in [1.165, 1.54) is 7.11 Å². The van der Waals surface area contributed by atoms with Gasteiger partial charge in [0.2, 0.25) is 0 Å². The fourth-order valence-corrected chi connectivity index (χ4v) is 3.08. The van der Waals surface area contributed by atoms with Gasteiger partial charge in [0.05, 0.1) is 13.0 Å². The average molecular weight is 238 g/mol. The summed E-state index contributed by atoms with van der Waals surface area (Å²) in [7, 11) is 1.41. The third kappa shape index (κ3) is 2.21. The van der Waals surface area contributed by atoms with Crippen LogP contribution in [0.5, 0.6) is 0 Å². The van der Waals surface area contributed by atoms with E-state index in [4.69, 9.17) is 9.47 Å². The van der Waals surface area contributed by atoms with Gasteiger partial charge in [-0.15, -0.1) is 0 Å². The van der Waals surface area contributed by atoms with Gasteiger partial charge in [-0.1, -0.05) is 6.58 Å². The molecule has 2 fully saturated rings. The lowest BCUT2D eigenvalue weighted by atomic mass is 9.86. The van der Waals surface area contributed by atoms with Crippen molar-refractivity contribution in [2.75, 3.05) is 7.11 Å². The molecule has 2 aliphatic rings. The zero-order chi connectivity index (χ0) is 12.6. The van der Waals surface area contributed by atoms with Crippen LogP contribution < -0.4 is 0 Å². The second-order valence-electron chi connectivity index (χ2n) is 5.09. The molecule has 94 valence electrons. The lowest BCUT2D eigenvalue weighted by molar-refractivity contribution is -0.156. The first kappa shape index (κ1) is 12.1. The van der Waals surface area contributed by atoms with E-state index in [1.807, 2.05) is 0 Å². The summed E-state index contributed by atoms with van der Waals surface area (Å²) >= 11 is 0. The second kappa shape index (κ2) is 4.51. The molecule has 0 N–H and O–H groups in total. The van der Waals surface area contributed by atoms with Crippen LogP contribution in [0.15, 0.2) is 12.2 Å². The monoisotopic (exact) mass is 238 g/mol. The van der Waals surface area contributed by atoms with Crippen molar-refractivity contribution in [2.24, 2.45) is 17.8 Å². The highest BCUT2D eigenvalue weighted by Crippen LogP contribution is 2.50. The van der Waals surface area contributed by atoms with E-state index in [0.717, 1.165) is 19.3 Å². The van der Waals surface area contributed by atoms with Crippen molar-refractivity contribution in [1.82, 2.24) is 0 Å². The van der Waals surface area contributed by atoms with Crippen LogP contribution in [0.2, 0.25) is 0 Å².